The molecule has 0 radical (unpaired) electrons. The first-order valence-corrected chi connectivity index (χ1v) is 9.38. The standard InChI is InChI=1S/C18H16N2OS2/c21-18(20-11-3-6-14(20)16-8-4-12-22-16)10-9-17-19-13-5-1-2-7-15(13)23-17/h1-2,4-5,7-10,12,14H,3,6,11H2/b10-9+. The van der Waals surface area contributed by atoms with Crippen molar-refractivity contribution in [3.63, 3.8) is 0 Å². The Hall–Kier alpha value is -1.98. The van der Waals surface area contributed by atoms with E-state index in [2.05, 4.69) is 28.6 Å². The van der Waals surface area contributed by atoms with E-state index in [1.54, 1.807) is 28.7 Å². The van der Waals surface area contributed by atoms with Crippen molar-refractivity contribution in [2.45, 2.75) is 18.9 Å². The van der Waals surface area contributed by atoms with Gasteiger partial charge in [-0.1, -0.05) is 18.2 Å². The average Bonchev–Trinajstić information content (AvgIpc) is 3.31. The Balaban J connectivity index is 1.52. The van der Waals surface area contributed by atoms with Gasteiger partial charge in [-0.2, -0.15) is 0 Å². The minimum absolute atomic E-state index is 0.0835. The summed E-state index contributed by atoms with van der Waals surface area (Å²) in [4.78, 5) is 20.4. The van der Waals surface area contributed by atoms with Crippen molar-refractivity contribution in [3.05, 3.63) is 57.7 Å². The van der Waals surface area contributed by atoms with E-state index in [9.17, 15) is 4.79 Å². The number of hydrogen-bond acceptors (Lipinski definition) is 4. The van der Waals surface area contributed by atoms with E-state index in [1.165, 1.54) is 4.88 Å². The van der Waals surface area contributed by atoms with E-state index in [1.807, 2.05) is 29.2 Å². The van der Waals surface area contributed by atoms with Gasteiger partial charge in [-0.25, -0.2) is 4.98 Å². The maximum atomic E-state index is 12.6. The SMILES string of the molecule is O=C(/C=C/c1nc2ccccc2s1)N1CCCC1c1cccs1. The van der Waals surface area contributed by atoms with Gasteiger partial charge < -0.3 is 4.90 Å². The molecule has 1 atom stereocenters. The molecule has 0 saturated carbocycles. The molecule has 1 aliphatic rings. The van der Waals surface area contributed by atoms with Crippen LogP contribution in [-0.2, 0) is 4.79 Å². The molecule has 1 aliphatic heterocycles. The lowest BCUT2D eigenvalue weighted by Crippen LogP contribution is -2.28. The molecule has 1 saturated heterocycles. The van der Waals surface area contributed by atoms with Crippen LogP contribution in [0.1, 0.15) is 28.8 Å². The summed E-state index contributed by atoms with van der Waals surface area (Å²) in [7, 11) is 0. The highest BCUT2D eigenvalue weighted by molar-refractivity contribution is 7.19. The summed E-state index contributed by atoms with van der Waals surface area (Å²) in [6.45, 7) is 0.839. The monoisotopic (exact) mass is 340 g/mol. The summed E-state index contributed by atoms with van der Waals surface area (Å²) in [5.74, 6) is 0.0835. The largest absolute Gasteiger partial charge is 0.331 e. The molecule has 0 bridgehead atoms. The van der Waals surface area contributed by atoms with Crippen LogP contribution in [0.25, 0.3) is 16.3 Å². The smallest absolute Gasteiger partial charge is 0.247 e. The molecule has 0 spiro atoms. The van der Waals surface area contributed by atoms with Crippen molar-refractivity contribution >= 4 is 44.9 Å². The third-order valence-electron chi connectivity index (χ3n) is 4.09. The summed E-state index contributed by atoms with van der Waals surface area (Å²) in [5.41, 5.74) is 0.988. The van der Waals surface area contributed by atoms with Crippen LogP contribution >= 0.6 is 22.7 Å². The fourth-order valence-electron chi connectivity index (χ4n) is 3.01. The van der Waals surface area contributed by atoms with Crippen molar-refractivity contribution in [2.75, 3.05) is 6.54 Å². The quantitative estimate of drug-likeness (QED) is 0.646. The number of carbonyl (C=O) groups excluding carboxylic acids is 1. The lowest BCUT2D eigenvalue weighted by molar-refractivity contribution is -0.126. The Morgan fingerprint density at radius 1 is 1.26 bits per heavy atom. The van der Waals surface area contributed by atoms with Gasteiger partial charge in [0, 0.05) is 17.5 Å². The second-order valence-electron chi connectivity index (χ2n) is 5.56. The topological polar surface area (TPSA) is 33.2 Å². The van der Waals surface area contributed by atoms with Gasteiger partial charge in [0.2, 0.25) is 5.91 Å². The van der Waals surface area contributed by atoms with E-state index >= 15 is 0 Å². The molecule has 1 unspecified atom stereocenters. The lowest BCUT2D eigenvalue weighted by atomic mass is 10.2. The zero-order valence-corrected chi connectivity index (χ0v) is 14.1. The molecule has 5 heteroatoms. The highest BCUT2D eigenvalue weighted by Crippen LogP contribution is 2.34. The summed E-state index contributed by atoms with van der Waals surface area (Å²) in [5, 5.41) is 2.96. The summed E-state index contributed by atoms with van der Waals surface area (Å²) in [6, 6.07) is 12.5. The number of aromatic nitrogens is 1. The Morgan fingerprint density at radius 3 is 3.00 bits per heavy atom. The maximum absolute atomic E-state index is 12.6. The van der Waals surface area contributed by atoms with Crippen molar-refractivity contribution < 1.29 is 4.79 Å². The van der Waals surface area contributed by atoms with Gasteiger partial charge in [0.25, 0.3) is 0 Å². The van der Waals surface area contributed by atoms with Crippen LogP contribution in [0.15, 0.2) is 47.9 Å². The zero-order chi connectivity index (χ0) is 15.6. The van der Waals surface area contributed by atoms with Gasteiger partial charge >= 0.3 is 0 Å². The summed E-state index contributed by atoms with van der Waals surface area (Å²) >= 11 is 3.34. The predicted molar refractivity (Wildman–Crippen MR) is 96.7 cm³/mol. The van der Waals surface area contributed by atoms with Crippen molar-refractivity contribution in [3.8, 4) is 0 Å². The fraction of sp³-hybridized carbons (Fsp3) is 0.222. The average molecular weight is 340 g/mol. The summed E-state index contributed by atoms with van der Waals surface area (Å²) < 4.78 is 1.15. The highest BCUT2D eigenvalue weighted by Gasteiger charge is 2.29. The van der Waals surface area contributed by atoms with E-state index in [0.717, 1.165) is 34.6 Å². The van der Waals surface area contributed by atoms with Gasteiger partial charge in [0.1, 0.15) is 5.01 Å². The fourth-order valence-corrected chi connectivity index (χ4v) is 4.75. The predicted octanol–water partition coefficient (Wildman–Crippen LogP) is 4.73. The summed E-state index contributed by atoms with van der Waals surface area (Å²) in [6.07, 6.45) is 5.64. The normalized spacial score (nSPS) is 18.3. The number of para-hydroxylation sites is 1. The Morgan fingerprint density at radius 2 is 2.17 bits per heavy atom. The van der Waals surface area contributed by atoms with Crippen molar-refractivity contribution in [2.24, 2.45) is 0 Å². The van der Waals surface area contributed by atoms with Gasteiger partial charge in [-0.3, -0.25) is 4.79 Å². The van der Waals surface area contributed by atoms with Crippen LogP contribution in [0.3, 0.4) is 0 Å². The molecule has 3 aromatic rings. The number of likely N-dealkylation sites (tertiary alicyclic amines) is 1. The Labute approximate surface area is 142 Å². The molecule has 23 heavy (non-hydrogen) atoms. The minimum atomic E-state index is 0.0835. The molecule has 1 amide bonds. The number of carbonyl (C=O) groups is 1. The van der Waals surface area contributed by atoms with Gasteiger partial charge in [0.15, 0.2) is 0 Å². The van der Waals surface area contributed by atoms with Gasteiger partial charge in [0.05, 0.1) is 16.3 Å². The third-order valence-corrected chi connectivity index (χ3v) is 6.06. The van der Waals surface area contributed by atoms with Crippen LogP contribution in [0, 0.1) is 0 Å². The first-order chi connectivity index (χ1) is 11.3. The molecule has 1 aromatic carbocycles. The second-order valence-corrected chi connectivity index (χ2v) is 7.60. The van der Waals surface area contributed by atoms with Crippen LogP contribution in [-0.4, -0.2) is 22.3 Å². The number of thiophene rings is 1. The van der Waals surface area contributed by atoms with Gasteiger partial charge in [-0.05, 0) is 42.5 Å². The Bertz CT molecular complexity index is 818. The Kier molecular flexibility index (Phi) is 3.97. The van der Waals surface area contributed by atoms with Crippen LogP contribution in [0.4, 0.5) is 0 Å². The molecule has 4 rings (SSSR count). The van der Waals surface area contributed by atoms with E-state index in [-0.39, 0.29) is 11.9 Å². The number of hydrogen-bond donors (Lipinski definition) is 0. The molecule has 0 aliphatic carbocycles. The maximum Gasteiger partial charge on any atom is 0.247 e. The molecule has 116 valence electrons. The van der Waals surface area contributed by atoms with Crippen LogP contribution in [0.5, 0.6) is 0 Å². The minimum Gasteiger partial charge on any atom is -0.331 e. The number of rotatable bonds is 3. The van der Waals surface area contributed by atoms with Crippen molar-refractivity contribution in [1.29, 1.82) is 0 Å². The molecule has 2 aromatic heterocycles. The zero-order valence-electron chi connectivity index (χ0n) is 12.5. The number of fused-ring (bicyclic) bond motifs is 1. The highest BCUT2D eigenvalue weighted by atomic mass is 32.1. The molecular formula is C18H16N2OS2. The molecule has 3 nitrogen and oxygen atoms in total. The molecule has 3 heterocycles. The van der Waals surface area contributed by atoms with Crippen LogP contribution < -0.4 is 0 Å². The molecule has 0 N–H and O–H groups in total. The van der Waals surface area contributed by atoms with Gasteiger partial charge in [-0.15, -0.1) is 22.7 Å². The van der Waals surface area contributed by atoms with Crippen molar-refractivity contribution in [1.82, 2.24) is 9.88 Å². The van der Waals surface area contributed by atoms with E-state index in [0.29, 0.717) is 0 Å². The lowest BCUT2D eigenvalue weighted by Gasteiger charge is -2.22. The number of amides is 1. The number of thiazole rings is 1. The molecular weight excluding hydrogens is 324 g/mol. The second kappa shape index (κ2) is 6.26. The first kappa shape index (κ1) is 14.6. The number of nitrogens with zero attached hydrogens (tertiary/aromatic N) is 2. The van der Waals surface area contributed by atoms with Crippen LogP contribution in [0.2, 0.25) is 0 Å². The van der Waals surface area contributed by atoms with E-state index in [4.69, 9.17) is 0 Å². The van der Waals surface area contributed by atoms with E-state index < -0.39 is 0 Å². The third kappa shape index (κ3) is 2.94. The first-order valence-electron chi connectivity index (χ1n) is 7.69. The molecule has 1 fully saturated rings. The number of benzene rings is 1.